The van der Waals surface area contributed by atoms with E-state index >= 15 is 0 Å². The maximum absolute atomic E-state index is 11.8. The maximum atomic E-state index is 11.8. The molecule has 0 spiro atoms. The molecule has 0 aliphatic rings. The molecule has 0 saturated carbocycles. The van der Waals surface area contributed by atoms with Crippen LogP contribution in [-0.2, 0) is 6.42 Å². The number of urea groups is 1. The lowest BCUT2D eigenvalue weighted by Crippen LogP contribution is -2.30. The Balaban J connectivity index is 1.49. The Morgan fingerprint density at radius 1 is 1.18 bits per heavy atom. The molecule has 2 amide bonds. The summed E-state index contributed by atoms with van der Waals surface area (Å²) in [5.74, 6) is 0. The van der Waals surface area contributed by atoms with E-state index in [9.17, 15) is 4.79 Å². The molecule has 22 heavy (non-hydrogen) atoms. The summed E-state index contributed by atoms with van der Waals surface area (Å²) in [7, 11) is 0. The molecule has 2 aromatic carbocycles. The van der Waals surface area contributed by atoms with Crippen molar-refractivity contribution in [3.8, 4) is 0 Å². The molecule has 2 N–H and O–H groups in total. The van der Waals surface area contributed by atoms with Crippen molar-refractivity contribution in [2.45, 2.75) is 6.42 Å². The van der Waals surface area contributed by atoms with Gasteiger partial charge in [-0.3, -0.25) is 0 Å². The fraction of sp³-hybridized carbons (Fsp3) is 0.125. The zero-order valence-corrected chi connectivity index (χ0v) is 12.4. The molecule has 5 nitrogen and oxygen atoms in total. The third kappa shape index (κ3) is 3.56. The van der Waals surface area contributed by atoms with Crippen LogP contribution in [0.25, 0.3) is 11.1 Å². The van der Waals surface area contributed by atoms with Crippen molar-refractivity contribution >= 4 is 34.4 Å². The van der Waals surface area contributed by atoms with Crippen LogP contribution in [0.4, 0.5) is 10.5 Å². The molecule has 6 heteroatoms. The minimum atomic E-state index is -0.247. The molecule has 0 saturated heterocycles. The van der Waals surface area contributed by atoms with E-state index in [0.29, 0.717) is 23.7 Å². The SMILES string of the molecule is O=C(NCCc1ccc2ncoc2c1)Nc1ccc(Cl)cc1. The number of oxazole rings is 1. The zero-order valence-electron chi connectivity index (χ0n) is 11.7. The van der Waals surface area contributed by atoms with E-state index in [1.54, 1.807) is 24.3 Å². The van der Waals surface area contributed by atoms with Gasteiger partial charge in [-0.15, -0.1) is 0 Å². The number of nitrogens with zero attached hydrogens (tertiary/aromatic N) is 1. The highest BCUT2D eigenvalue weighted by Crippen LogP contribution is 2.15. The summed E-state index contributed by atoms with van der Waals surface area (Å²) >= 11 is 5.79. The van der Waals surface area contributed by atoms with Gasteiger partial charge in [0.05, 0.1) is 0 Å². The van der Waals surface area contributed by atoms with Crippen molar-refractivity contribution in [2.75, 3.05) is 11.9 Å². The number of amides is 2. The average Bonchev–Trinajstić information content (AvgIpc) is 2.97. The zero-order chi connectivity index (χ0) is 15.4. The summed E-state index contributed by atoms with van der Waals surface area (Å²) in [4.78, 5) is 15.8. The highest BCUT2D eigenvalue weighted by atomic mass is 35.5. The van der Waals surface area contributed by atoms with Gasteiger partial charge in [0, 0.05) is 17.3 Å². The summed E-state index contributed by atoms with van der Waals surface area (Å²) in [5, 5.41) is 6.18. The Kier molecular flexibility index (Phi) is 4.25. The summed E-state index contributed by atoms with van der Waals surface area (Å²) in [6.07, 6.45) is 2.14. The predicted molar refractivity (Wildman–Crippen MR) is 86.2 cm³/mol. The molecule has 0 atom stereocenters. The first kappa shape index (κ1) is 14.4. The van der Waals surface area contributed by atoms with Gasteiger partial charge in [0.1, 0.15) is 5.52 Å². The lowest BCUT2D eigenvalue weighted by atomic mass is 10.1. The molecule has 3 rings (SSSR count). The molecule has 112 valence electrons. The number of halogens is 1. The fourth-order valence-electron chi connectivity index (χ4n) is 2.08. The molecular weight excluding hydrogens is 302 g/mol. The third-order valence-corrected chi connectivity index (χ3v) is 3.45. The number of hydrogen-bond acceptors (Lipinski definition) is 3. The van der Waals surface area contributed by atoms with Crippen LogP contribution in [0.2, 0.25) is 5.02 Å². The summed E-state index contributed by atoms with van der Waals surface area (Å²) in [6.45, 7) is 0.527. The molecule has 0 radical (unpaired) electrons. The van der Waals surface area contributed by atoms with Gasteiger partial charge in [0.25, 0.3) is 0 Å². The molecule has 0 bridgehead atoms. The maximum Gasteiger partial charge on any atom is 0.319 e. The van der Waals surface area contributed by atoms with Gasteiger partial charge in [-0.2, -0.15) is 0 Å². The van der Waals surface area contributed by atoms with Gasteiger partial charge in [-0.25, -0.2) is 9.78 Å². The number of aromatic nitrogens is 1. The van der Waals surface area contributed by atoms with Crippen molar-refractivity contribution in [3.63, 3.8) is 0 Å². The van der Waals surface area contributed by atoms with Crippen molar-refractivity contribution in [3.05, 3.63) is 59.4 Å². The van der Waals surface area contributed by atoms with Crippen molar-refractivity contribution < 1.29 is 9.21 Å². The Bertz CT molecular complexity index is 783. The van der Waals surface area contributed by atoms with Crippen LogP contribution >= 0.6 is 11.6 Å². The fourth-order valence-corrected chi connectivity index (χ4v) is 2.21. The number of rotatable bonds is 4. The molecule has 3 aromatic rings. The summed E-state index contributed by atoms with van der Waals surface area (Å²) in [6, 6.07) is 12.5. The molecular formula is C16H14ClN3O2. The second kappa shape index (κ2) is 6.49. The summed E-state index contributed by atoms with van der Waals surface area (Å²) < 4.78 is 5.25. The number of carbonyl (C=O) groups is 1. The number of nitrogens with one attached hydrogen (secondary N) is 2. The minimum Gasteiger partial charge on any atom is -0.443 e. The van der Waals surface area contributed by atoms with E-state index in [1.165, 1.54) is 6.39 Å². The van der Waals surface area contributed by atoms with Crippen molar-refractivity contribution in [1.82, 2.24) is 10.3 Å². The van der Waals surface area contributed by atoms with Crippen LogP contribution in [-0.4, -0.2) is 17.6 Å². The normalized spacial score (nSPS) is 10.6. The lowest BCUT2D eigenvalue weighted by Gasteiger charge is -2.07. The van der Waals surface area contributed by atoms with Crippen LogP contribution in [0, 0.1) is 0 Å². The molecule has 0 aliphatic heterocycles. The lowest BCUT2D eigenvalue weighted by molar-refractivity contribution is 0.252. The Hall–Kier alpha value is -2.53. The first-order valence-corrected chi connectivity index (χ1v) is 7.21. The third-order valence-electron chi connectivity index (χ3n) is 3.20. The molecule has 0 fully saturated rings. The second-order valence-corrected chi connectivity index (χ2v) is 5.23. The smallest absolute Gasteiger partial charge is 0.319 e. The van der Waals surface area contributed by atoms with E-state index in [4.69, 9.17) is 16.0 Å². The van der Waals surface area contributed by atoms with E-state index in [0.717, 1.165) is 16.7 Å². The summed E-state index contributed by atoms with van der Waals surface area (Å²) in [5.41, 5.74) is 3.36. The number of benzene rings is 2. The largest absolute Gasteiger partial charge is 0.443 e. The van der Waals surface area contributed by atoms with E-state index in [1.807, 2.05) is 18.2 Å². The number of carbonyl (C=O) groups excluding carboxylic acids is 1. The van der Waals surface area contributed by atoms with Crippen LogP contribution in [0.1, 0.15) is 5.56 Å². The van der Waals surface area contributed by atoms with Crippen molar-refractivity contribution in [2.24, 2.45) is 0 Å². The van der Waals surface area contributed by atoms with Crippen LogP contribution in [0.3, 0.4) is 0 Å². The molecule has 0 aliphatic carbocycles. The van der Waals surface area contributed by atoms with Gasteiger partial charge in [0.2, 0.25) is 0 Å². The monoisotopic (exact) mass is 315 g/mol. The predicted octanol–water partition coefficient (Wildman–Crippen LogP) is 3.85. The number of fused-ring (bicyclic) bond motifs is 1. The standard InChI is InChI=1S/C16H14ClN3O2/c17-12-2-4-13(5-3-12)20-16(21)18-8-7-11-1-6-14-15(9-11)22-10-19-14/h1-6,9-10H,7-8H2,(H2,18,20,21). The van der Waals surface area contributed by atoms with Crippen LogP contribution in [0.5, 0.6) is 0 Å². The Labute approximate surface area is 132 Å². The number of hydrogen-bond donors (Lipinski definition) is 2. The average molecular weight is 316 g/mol. The van der Waals surface area contributed by atoms with Crippen LogP contribution in [0.15, 0.2) is 53.3 Å². The molecule has 0 unspecified atom stereocenters. The second-order valence-electron chi connectivity index (χ2n) is 4.79. The quantitative estimate of drug-likeness (QED) is 0.768. The van der Waals surface area contributed by atoms with Gasteiger partial charge in [-0.1, -0.05) is 17.7 Å². The Morgan fingerprint density at radius 2 is 2.00 bits per heavy atom. The van der Waals surface area contributed by atoms with Gasteiger partial charge in [-0.05, 0) is 48.4 Å². The molecule has 1 heterocycles. The highest BCUT2D eigenvalue weighted by molar-refractivity contribution is 6.30. The van der Waals surface area contributed by atoms with E-state index in [2.05, 4.69) is 15.6 Å². The van der Waals surface area contributed by atoms with Crippen molar-refractivity contribution in [1.29, 1.82) is 0 Å². The molecule has 1 aromatic heterocycles. The van der Waals surface area contributed by atoms with E-state index in [-0.39, 0.29) is 6.03 Å². The van der Waals surface area contributed by atoms with Crippen LogP contribution < -0.4 is 10.6 Å². The first-order valence-electron chi connectivity index (χ1n) is 6.83. The highest BCUT2D eigenvalue weighted by Gasteiger charge is 2.03. The van der Waals surface area contributed by atoms with Gasteiger partial charge in [0.15, 0.2) is 12.0 Å². The number of anilines is 1. The minimum absolute atomic E-state index is 0.247. The van der Waals surface area contributed by atoms with Gasteiger partial charge >= 0.3 is 6.03 Å². The van der Waals surface area contributed by atoms with Gasteiger partial charge < -0.3 is 15.1 Å². The first-order chi connectivity index (χ1) is 10.7. The van der Waals surface area contributed by atoms with E-state index < -0.39 is 0 Å². The topological polar surface area (TPSA) is 67.2 Å². The Morgan fingerprint density at radius 3 is 2.82 bits per heavy atom.